The van der Waals surface area contributed by atoms with E-state index in [0.717, 1.165) is 5.69 Å². The monoisotopic (exact) mass is 293 g/mol. The molecule has 5 nitrogen and oxygen atoms in total. The second-order valence-corrected chi connectivity index (χ2v) is 4.81. The van der Waals surface area contributed by atoms with Crippen molar-refractivity contribution in [3.63, 3.8) is 0 Å². The number of benzene rings is 1. The molecule has 2 amide bonds. The molecule has 0 saturated carbocycles. The van der Waals surface area contributed by atoms with Gasteiger partial charge in [-0.3, -0.25) is 14.5 Å². The number of amides is 2. The third-order valence-electron chi connectivity index (χ3n) is 2.68. The third-order valence-corrected chi connectivity index (χ3v) is 3.39. The van der Waals surface area contributed by atoms with E-state index in [4.69, 9.17) is 24.4 Å². The lowest BCUT2D eigenvalue weighted by molar-refractivity contribution is -0.137. The number of carbonyl (C=O) groups is 2. The van der Waals surface area contributed by atoms with Gasteiger partial charge >= 0.3 is 0 Å². The fraction of sp³-hybridized carbons (Fsp3) is 0.167. The van der Waals surface area contributed by atoms with Crippen LogP contribution < -0.4 is 10.6 Å². The lowest BCUT2D eigenvalue weighted by Crippen LogP contribution is -2.58. The van der Waals surface area contributed by atoms with Crippen molar-refractivity contribution >= 4 is 52.0 Å². The van der Waals surface area contributed by atoms with E-state index in [1.165, 1.54) is 11.9 Å². The highest BCUT2D eigenvalue weighted by atomic mass is 32.1. The number of thiocarbonyl (C=S) groups is 2. The highest BCUT2D eigenvalue weighted by Crippen LogP contribution is 2.14. The first-order valence-corrected chi connectivity index (χ1v) is 6.30. The lowest BCUT2D eigenvalue weighted by Gasteiger charge is -2.29. The Morgan fingerprint density at radius 2 is 1.95 bits per heavy atom. The van der Waals surface area contributed by atoms with Gasteiger partial charge in [0.2, 0.25) is 11.8 Å². The van der Waals surface area contributed by atoms with Crippen LogP contribution in [0.5, 0.6) is 0 Å². The highest BCUT2D eigenvalue weighted by molar-refractivity contribution is 7.81. The summed E-state index contributed by atoms with van der Waals surface area (Å²) < 4.78 is 0. The highest BCUT2D eigenvalue weighted by Gasteiger charge is 2.39. The summed E-state index contributed by atoms with van der Waals surface area (Å²) in [6.45, 7) is 0. The Morgan fingerprint density at radius 1 is 1.32 bits per heavy atom. The van der Waals surface area contributed by atoms with Crippen molar-refractivity contribution in [3.05, 3.63) is 30.3 Å². The van der Waals surface area contributed by atoms with Crippen LogP contribution in [-0.2, 0) is 9.59 Å². The number of nitrogens with zero attached hydrogens (tertiary/aromatic N) is 1. The van der Waals surface area contributed by atoms with Gasteiger partial charge in [-0.25, -0.2) is 0 Å². The molecule has 1 atom stereocenters. The van der Waals surface area contributed by atoms with Crippen molar-refractivity contribution in [2.75, 3.05) is 12.4 Å². The molecule has 2 N–H and O–H groups in total. The minimum Gasteiger partial charge on any atom is -0.349 e. The summed E-state index contributed by atoms with van der Waals surface area (Å²) in [5, 5.41) is 5.43. The number of hydrogen-bond donors (Lipinski definition) is 2. The van der Waals surface area contributed by atoms with Gasteiger partial charge < -0.3 is 10.6 Å². The molecular formula is C12H11N3O2S2. The summed E-state index contributed by atoms with van der Waals surface area (Å²) in [7, 11) is 1.50. The van der Waals surface area contributed by atoms with Gasteiger partial charge in [0.15, 0.2) is 11.0 Å². The quantitative estimate of drug-likeness (QED) is 0.627. The molecule has 1 unspecified atom stereocenters. The average molecular weight is 293 g/mol. The molecule has 1 saturated heterocycles. The minimum absolute atomic E-state index is 0.0914. The van der Waals surface area contributed by atoms with Crippen LogP contribution in [-0.4, -0.2) is 33.9 Å². The van der Waals surface area contributed by atoms with E-state index in [1.54, 1.807) is 12.1 Å². The van der Waals surface area contributed by atoms with Gasteiger partial charge in [0.25, 0.3) is 0 Å². The smallest absolute Gasteiger partial charge is 0.248 e. The summed E-state index contributed by atoms with van der Waals surface area (Å²) in [5.41, 5.74) is 0.726. The second-order valence-electron chi connectivity index (χ2n) is 3.98. The molecule has 98 valence electrons. The largest absolute Gasteiger partial charge is 0.349 e. The van der Waals surface area contributed by atoms with Crippen molar-refractivity contribution in [2.45, 2.75) is 0 Å². The molecule has 2 rings (SSSR count). The molecule has 0 radical (unpaired) electrons. The van der Waals surface area contributed by atoms with E-state index in [0.29, 0.717) is 0 Å². The van der Waals surface area contributed by atoms with E-state index in [9.17, 15) is 9.59 Å². The Kier molecular flexibility index (Phi) is 3.87. The molecule has 0 bridgehead atoms. The normalized spacial score (nSPS) is 19.1. The van der Waals surface area contributed by atoms with Crippen molar-refractivity contribution in [1.29, 1.82) is 0 Å². The maximum absolute atomic E-state index is 12.0. The third kappa shape index (κ3) is 2.77. The van der Waals surface area contributed by atoms with Crippen molar-refractivity contribution in [3.8, 4) is 0 Å². The van der Waals surface area contributed by atoms with Crippen molar-refractivity contribution in [1.82, 2.24) is 10.2 Å². The zero-order chi connectivity index (χ0) is 14.0. The molecule has 1 aliphatic heterocycles. The van der Waals surface area contributed by atoms with Crippen LogP contribution in [0.2, 0.25) is 0 Å². The first-order chi connectivity index (χ1) is 9.00. The molecule has 1 fully saturated rings. The molecule has 7 heteroatoms. The van der Waals surface area contributed by atoms with Gasteiger partial charge in [-0.1, -0.05) is 30.4 Å². The number of anilines is 1. The summed E-state index contributed by atoms with van der Waals surface area (Å²) in [6, 6.07) is 9.11. The molecule has 0 spiro atoms. The number of rotatable bonds is 2. The predicted molar refractivity (Wildman–Crippen MR) is 79.7 cm³/mol. The molecule has 0 aliphatic carbocycles. The maximum atomic E-state index is 12.0. The zero-order valence-corrected chi connectivity index (χ0v) is 11.7. The van der Waals surface area contributed by atoms with Crippen molar-refractivity contribution in [2.24, 2.45) is 5.92 Å². The predicted octanol–water partition coefficient (Wildman–Crippen LogP) is 0.915. The topological polar surface area (TPSA) is 61.4 Å². The van der Waals surface area contributed by atoms with Crippen LogP contribution in [0.3, 0.4) is 0 Å². The molecular weight excluding hydrogens is 282 g/mol. The van der Waals surface area contributed by atoms with Crippen molar-refractivity contribution < 1.29 is 9.59 Å². The number of nitrogens with one attached hydrogen (secondary N) is 2. The van der Waals surface area contributed by atoms with Gasteiger partial charge in [0.1, 0.15) is 4.99 Å². The van der Waals surface area contributed by atoms with Gasteiger partial charge in [0, 0.05) is 12.7 Å². The first kappa shape index (κ1) is 13.6. The van der Waals surface area contributed by atoms with E-state index >= 15 is 0 Å². The summed E-state index contributed by atoms with van der Waals surface area (Å²) in [5.74, 6) is -1.98. The number of carbonyl (C=O) groups excluding carboxylic acids is 2. The van der Waals surface area contributed by atoms with Crippen LogP contribution in [0.1, 0.15) is 0 Å². The van der Waals surface area contributed by atoms with Crippen LogP contribution >= 0.6 is 24.4 Å². The van der Waals surface area contributed by atoms with E-state index in [-0.39, 0.29) is 10.1 Å². The Morgan fingerprint density at radius 3 is 2.58 bits per heavy atom. The Bertz CT molecular complexity index is 559. The average Bonchev–Trinajstić information content (AvgIpc) is 2.37. The van der Waals surface area contributed by atoms with Crippen LogP contribution in [0, 0.1) is 5.92 Å². The fourth-order valence-electron chi connectivity index (χ4n) is 1.63. The van der Waals surface area contributed by atoms with E-state index in [2.05, 4.69) is 10.6 Å². The minimum atomic E-state index is -1.05. The fourth-order valence-corrected chi connectivity index (χ4v) is 2.15. The van der Waals surface area contributed by atoms with Crippen LogP contribution in [0.15, 0.2) is 30.3 Å². The molecule has 1 aromatic rings. The van der Waals surface area contributed by atoms with E-state index < -0.39 is 17.7 Å². The molecule has 19 heavy (non-hydrogen) atoms. The number of para-hydroxylation sites is 1. The summed E-state index contributed by atoms with van der Waals surface area (Å²) >= 11 is 10.0. The molecule has 1 heterocycles. The maximum Gasteiger partial charge on any atom is 0.248 e. The number of hydrogen-bond acceptors (Lipinski definition) is 4. The van der Waals surface area contributed by atoms with Gasteiger partial charge in [-0.15, -0.1) is 0 Å². The zero-order valence-electron chi connectivity index (χ0n) is 10.0. The van der Waals surface area contributed by atoms with Gasteiger partial charge in [-0.05, 0) is 24.4 Å². The van der Waals surface area contributed by atoms with Crippen LogP contribution in [0.4, 0.5) is 5.69 Å². The molecule has 1 aliphatic rings. The SMILES string of the molecule is CN1C(=O)C(C(=S)Nc2ccccc2)C(=O)NC1=S. The summed E-state index contributed by atoms with van der Waals surface area (Å²) in [4.78, 5) is 25.2. The second kappa shape index (κ2) is 5.41. The summed E-state index contributed by atoms with van der Waals surface area (Å²) in [6.07, 6.45) is 0. The molecule has 1 aromatic carbocycles. The standard InChI is InChI=1S/C12H11N3O2S2/c1-15-11(17)8(9(16)14-12(15)19)10(18)13-7-5-3-2-4-6-7/h2-6,8H,1H3,(H,13,18)(H,14,16,19). The van der Waals surface area contributed by atoms with E-state index in [1.807, 2.05) is 18.2 Å². The Labute approximate surface area is 121 Å². The lowest BCUT2D eigenvalue weighted by atomic mass is 10.1. The molecule has 0 aromatic heterocycles. The Hall–Kier alpha value is -1.86. The van der Waals surface area contributed by atoms with Crippen LogP contribution in [0.25, 0.3) is 0 Å². The van der Waals surface area contributed by atoms with Gasteiger partial charge in [0.05, 0.1) is 0 Å². The van der Waals surface area contributed by atoms with Gasteiger partial charge in [-0.2, -0.15) is 0 Å². The first-order valence-electron chi connectivity index (χ1n) is 5.49. The Balaban J connectivity index is 2.16.